The van der Waals surface area contributed by atoms with Crippen molar-refractivity contribution in [2.24, 2.45) is 0 Å². The number of carbonyl (C=O) groups is 2. The van der Waals surface area contributed by atoms with Crippen LogP contribution in [0.3, 0.4) is 0 Å². The minimum Gasteiger partial charge on any atom is -0.508 e. The van der Waals surface area contributed by atoms with Crippen LogP contribution in [0.2, 0.25) is 0 Å². The van der Waals surface area contributed by atoms with Crippen LogP contribution in [-0.4, -0.2) is 28.5 Å². The third-order valence-electron chi connectivity index (χ3n) is 5.01. The summed E-state index contributed by atoms with van der Waals surface area (Å²) in [7, 11) is 0. The molecule has 1 saturated heterocycles. The number of phenolic OH excluding ortho intramolecular Hbond substituents is 1. The maximum absolute atomic E-state index is 13.3. The van der Waals surface area contributed by atoms with Crippen LogP contribution in [0.25, 0.3) is 0 Å². The van der Waals surface area contributed by atoms with Crippen LogP contribution >= 0.6 is 0 Å². The number of alkyl halides is 3. The number of carbonyl (C=O) groups excluding carboxylic acids is 2. The lowest BCUT2D eigenvalue weighted by atomic mass is 9.90. The lowest BCUT2D eigenvalue weighted by molar-refractivity contribution is -0.137. The van der Waals surface area contributed by atoms with Crippen molar-refractivity contribution in [3.05, 3.63) is 59.2 Å². The Bertz CT molecular complexity index is 1030. The fourth-order valence-corrected chi connectivity index (χ4v) is 3.48. The summed E-state index contributed by atoms with van der Waals surface area (Å²) in [5.74, 6) is -0.760. The molecule has 0 spiro atoms. The van der Waals surface area contributed by atoms with E-state index in [4.69, 9.17) is 5.26 Å². The number of rotatable bonds is 3. The van der Waals surface area contributed by atoms with Crippen LogP contribution in [0.5, 0.6) is 5.75 Å². The van der Waals surface area contributed by atoms with Crippen LogP contribution in [0, 0.1) is 11.3 Å². The number of nitriles is 1. The van der Waals surface area contributed by atoms with Crippen molar-refractivity contribution >= 4 is 17.6 Å². The molecule has 1 aliphatic rings. The van der Waals surface area contributed by atoms with Crippen molar-refractivity contribution < 1.29 is 27.9 Å². The summed E-state index contributed by atoms with van der Waals surface area (Å²) in [5, 5.41) is 18.5. The highest BCUT2D eigenvalue weighted by atomic mass is 19.4. The summed E-state index contributed by atoms with van der Waals surface area (Å²) in [6, 6.07) is 9.08. The van der Waals surface area contributed by atoms with E-state index in [1.165, 1.54) is 42.2 Å². The van der Waals surface area contributed by atoms with Crippen LogP contribution in [0.1, 0.15) is 30.5 Å². The van der Waals surface area contributed by atoms with E-state index in [1.807, 2.05) is 0 Å². The molecule has 3 amide bonds. The van der Waals surface area contributed by atoms with Crippen LogP contribution in [0.4, 0.5) is 23.7 Å². The highest BCUT2D eigenvalue weighted by Crippen LogP contribution is 2.41. The van der Waals surface area contributed by atoms with Crippen LogP contribution < -0.4 is 4.90 Å². The Morgan fingerprint density at radius 3 is 2.28 bits per heavy atom. The zero-order valence-corrected chi connectivity index (χ0v) is 15.5. The predicted molar refractivity (Wildman–Crippen MR) is 96.9 cm³/mol. The molecule has 1 N–H and O–H groups in total. The topological polar surface area (TPSA) is 84.6 Å². The van der Waals surface area contributed by atoms with Gasteiger partial charge in [0.25, 0.3) is 5.91 Å². The number of benzene rings is 2. The highest BCUT2D eigenvalue weighted by molar-refractivity contribution is 6.23. The van der Waals surface area contributed by atoms with E-state index in [-0.39, 0.29) is 18.0 Å². The number of hydrogen-bond acceptors (Lipinski definition) is 4. The zero-order chi connectivity index (χ0) is 21.6. The fourth-order valence-electron chi connectivity index (χ4n) is 3.48. The number of anilines is 1. The Morgan fingerprint density at radius 1 is 1.14 bits per heavy atom. The van der Waals surface area contributed by atoms with Gasteiger partial charge in [-0.05, 0) is 49.7 Å². The van der Waals surface area contributed by atoms with E-state index in [9.17, 15) is 27.9 Å². The van der Waals surface area contributed by atoms with Gasteiger partial charge >= 0.3 is 12.2 Å². The van der Waals surface area contributed by atoms with Gasteiger partial charge in [-0.1, -0.05) is 12.1 Å². The number of urea groups is 1. The van der Waals surface area contributed by atoms with E-state index in [2.05, 4.69) is 0 Å². The molecule has 2 aromatic rings. The second-order valence-electron chi connectivity index (χ2n) is 6.63. The summed E-state index contributed by atoms with van der Waals surface area (Å²) in [6.07, 6.45) is -4.82. The zero-order valence-electron chi connectivity index (χ0n) is 15.5. The molecule has 6 nitrogen and oxygen atoms in total. The number of hydrogen-bond donors (Lipinski definition) is 1. The van der Waals surface area contributed by atoms with E-state index >= 15 is 0 Å². The van der Waals surface area contributed by atoms with Gasteiger partial charge in [0.15, 0.2) is 0 Å². The van der Waals surface area contributed by atoms with Crippen LogP contribution in [-0.2, 0) is 16.5 Å². The van der Waals surface area contributed by atoms with Crippen LogP contribution in [0.15, 0.2) is 42.5 Å². The van der Waals surface area contributed by atoms with Gasteiger partial charge in [0.05, 0.1) is 22.9 Å². The molecule has 1 aliphatic heterocycles. The molecule has 0 saturated carbocycles. The maximum atomic E-state index is 13.3. The summed E-state index contributed by atoms with van der Waals surface area (Å²) in [4.78, 5) is 28.1. The number of nitrogens with zero attached hydrogens (tertiary/aromatic N) is 3. The molecule has 2 aromatic carbocycles. The second-order valence-corrected chi connectivity index (χ2v) is 6.63. The summed E-state index contributed by atoms with van der Waals surface area (Å²) < 4.78 is 40.0. The number of phenols is 1. The van der Waals surface area contributed by atoms with E-state index < -0.39 is 34.8 Å². The SMILES string of the molecule is CCN1C(=O)N(c2ccc(C#N)c(C(F)(F)F)c2)C(=O)C1(C)c1ccc(O)cc1. The third kappa shape index (κ3) is 3.06. The molecule has 0 radical (unpaired) electrons. The average Bonchev–Trinajstić information content (AvgIpc) is 2.87. The molecule has 1 atom stereocenters. The number of aromatic hydroxyl groups is 1. The predicted octanol–water partition coefficient (Wildman–Crippen LogP) is 3.99. The third-order valence-corrected chi connectivity index (χ3v) is 5.01. The number of likely N-dealkylation sites (N-methyl/N-ethyl adjacent to an activating group) is 1. The Hall–Kier alpha value is -3.54. The fraction of sp³-hybridized carbons (Fsp3) is 0.250. The monoisotopic (exact) mass is 403 g/mol. The molecule has 150 valence electrons. The largest absolute Gasteiger partial charge is 0.508 e. The standard InChI is InChI=1S/C20H16F3N3O3/c1-3-25-18(29)26(14-7-4-12(11-24)16(10-14)20(21,22)23)17(28)19(25,2)13-5-8-15(27)9-6-13/h4-10,27H,3H2,1-2H3. The van der Waals surface area contributed by atoms with Gasteiger partial charge in [-0.25, -0.2) is 9.69 Å². The lowest BCUT2D eigenvalue weighted by Crippen LogP contribution is -2.44. The molecule has 3 rings (SSSR count). The molecule has 1 unspecified atom stereocenters. The number of imide groups is 1. The van der Waals surface area contributed by atoms with E-state index in [1.54, 1.807) is 6.92 Å². The Labute approximate surface area is 164 Å². The van der Waals surface area contributed by atoms with Crippen molar-refractivity contribution in [1.82, 2.24) is 4.90 Å². The smallest absolute Gasteiger partial charge is 0.417 e. The van der Waals surface area contributed by atoms with Gasteiger partial charge in [0, 0.05) is 6.54 Å². The molecular formula is C20H16F3N3O3. The lowest BCUT2D eigenvalue weighted by Gasteiger charge is -2.31. The Balaban J connectivity index is 2.15. The van der Waals surface area contributed by atoms with Gasteiger partial charge < -0.3 is 10.0 Å². The van der Waals surface area contributed by atoms with Gasteiger partial charge in [-0.2, -0.15) is 18.4 Å². The van der Waals surface area contributed by atoms with Gasteiger partial charge in [-0.3, -0.25) is 4.79 Å². The van der Waals surface area contributed by atoms with Crippen molar-refractivity contribution in [3.63, 3.8) is 0 Å². The first-order valence-electron chi connectivity index (χ1n) is 8.62. The number of halogens is 3. The van der Waals surface area contributed by atoms with Gasteiger partial charge in [0.1, 0.15) is 11.3 Å². The maximum Gasteiger partial charge on any atom is 0.417 e. The van der Waals surface area contributed by atoms with E-state index in [0.717, 1.165) is 12.1 Å². The first-order chi connectivity index (χ1) is 13.6. The molecule has 0 bridgehead atoms. The van der Waals surface area contributed by atoms with Crippen molar-refractivity contribution in [1.29, 1.82) is 5.26 Å². The molecule has 1 heterocycles. The normalized spacial score (nSPS) is 19.6. The van der Waals surface area contributed by atoms with Gasteiger partial charge in [0.2, 0.25) is 0 Å². The number of amides is 3. The highest BCUT2D eigenvalue weighted by Gasteiger charge is 2.55. The molecule has 0 aromatic heterocycles. The Morgan fingerprint density at radius 2 is 1.76 bits per heavy atom. The summed E-state index contributed by atoms with van der Waals surface area (Å²) in [6.45, 7) is 3.27. The van der Waals surface area contributed by atoms with Crippen molar-refractivity contribution in [2.45, 2.75) is 25.6 Å². The van der Waals surface area contributed by atoms with Crippen molar-refractivity contribution in [3.8, 4) is 11.8 Å². The first kappa shape index (κ1) is 20.2. The first-order valence-corrected chi connectivity index (χ1v) is 8.62. The molecular weight excluding hydrogens is 387 g/mol. The molecule has 1 fully saturated rings. The minimum absolute atomic E-state index is 0.0315. The second kappa shape index (κ2) is 6.81. The average molecular weight is 403 g/mol. The minimum atomic E-state index is -4.82. The Kier molecular flexibility index (Phi) is 4.74. The summed E-state index contributed by atoms with van der Waals surface area (Å²) >= 11 is 0. The molecule has 0 aliphatic carbocycles. The quantitative estimate of drug-likeness (QED) is 0.786. The van der Waals surface area contributed by atoms with E-state index in [0.29, 0.717) is 16.5 Å². The molecule has 9 heteroatoms. The molecule has 29 heavy (non-hydrogen) atoms. The van der Waals surface area contributed by atoms with Gasteiger partial charge in [-0.15, -0.1) is 0 Å². The van der Waals surface area contributed by atoms with Crippen molar-refractivity contribution in [2.75, 3.05) is 11.4 Å². The summed E-state index contributed by atoms with van der Waals surface area (Å²) in [5.41, 5.74) is -3.16.